The number of rotatable bonds is 2. The highest BCUT2D eigenvalue weighted by molar-refractivity contribution is 7.15. The fourth-order valence-electron chi connectivity index (χ4n) is 1.95. The maximum absolute atomic E-state index is 5.71. The van der Waals surface area contributed by atoms with Crippen molar-refractivity contribution in [1.29, 1.82) is 0 Å². The number of aromatic nitrogens is 3. The topological polar surface area (TPSA) is 67.6 Å². The van der Waals surface area contributed by atoms with Gasteiger partial charge in [-0.15, -0.1) is 11.3 Å². The number of nitrogens with two attached hydrogens (primary N) is 1. The highest BCUT2D eigenvalue weighted by atomic mass is 32.1. The van der Waals surface area contributed by atoms with Crippen LogP contribution in [0.25, 0.3) is 11.0 Å². The van der Waals surface area contributed by atoms with E-state index < -0.39 is 0 Å². The SMILES string of the molecule is Cc1nc(N)sc1Cc1c[nH]c2ncccc12. The highest BCUT2D eigenvalue weighted by Gasteiger charge is 2.09. The molecule has 86 valence electrons. The Bertz CT molecular complexity index is 668. The Hall–Kier alpha value is -1.88. The van der Waals surface area contributed by atoms with E-state index in [0.717, 1.165) is 17.8 Å². The summed E-state index contributed by atoms with van der Waals surface area (Å²) in [6, 6.07) is 4.03. The molecule has 0 aliphatic heterocycles. The van der Waals surface area contributed by atoms with Crippen LogP contribution in [0.2, 0.25) is 0 Å². The molecule has 0 fully saturated rings. The lowest BCUT2D eigenvalue weighted by Gasteiger charge is -1.97. The zero-order chi connectivity index (χ0) is 11.8. The van der Waals surface area contributed by atoms with Gasteiger partial charge >= 0.3 is 0 Å². The van der Waals surface area contributed by atoms with Crippen LogP contribution in [0.4, 0.5) is 5.13 Å². The predicted octanol–water partition coefficient (Wildman–Crippen LogP) is 2.50. The number of aryl methyl sites for hydroxylation is 1. The predicted molar refractivity (Wildman–Crippen MR) is 70.2 cm³/mol. The Morgan fingerprint density at radius 1 is 1.47 bits per heavy atom. The molecule has 3 aromatic rings. The van der Waals surface area contributed by atoms with Crippen molar-refractivity contribution in [3.8, 4) is 0 Å². The molecule has 3 rings (SSSR count). The number of nitrogens with one attached hydrogen (secondary N) is 1. The van der Waals surface area contributed by atoms with Crippen LogP contribution >= 0.6 is 11.3 Å². The Kier molecular flexibility index (Phi) is 2.33. The van der Waals surface area contributed by atoms with Crippen LogP contribution in [0.3, 0.4) is 0 Å². The van der Waals surface area contributed by atoms with Crippen LogP contribution in [0.15, 0.2) is 24.5 Å². The summed E-state index contributed by atoms with van der Waals surface area (Å²) in [7, 11) is 0. The summed E-state index contributed by atoms with van der Waals surface area (Å²) in [5.41, 5.74) is 8.89. The van der Waals surface area contributed by atoms with Gasteiger partial charge in [0.05, 0.1) is 5.69 Å². The van der Waals surface area contributed by atoms with E-state index in [1.54, 1.807) is 17.5 Å². The van der Waals surface area contributed by atoms with Gasteiger partial charge in [0.15, 0.2) is 5.13 Å². The van der Waals surface area contributed by atoms with Crippen molar-refractivity contribution < 1.29 is 0 Å². The minimum atomic E-state index is 0.635. The number of aromatic amines is 1. The van der Waals surface area contributed by atoms with Gasteiger partial charge in [-0.3, -0.25) is 0 Å². The largest absolute Gasteiger partial charge is 0.375 e. The van der Waals surface area contributed by atoms with Gasteiger partial charge < -0.3 is 10.7 Å². The molecule has 3 heterocycles. The first-order valence-electron chi connectivity index (χ1n) is 5.37. The Labute approximate surface area is 103 Å². The number of fused-ring (bicyclic) bond motifs is 1. The molecular formula is C12H12N4S. The second-order valence-electron chi connectivity index (χ2n) is 3.95. The van der Waals surface area contributed by atoms with Gasteiger partial charge in [0.25, 0.3) is 0 Å². The average Bonchev–Trinajstić information content (AvgIpc) is 2.85. The fourth-order valence-corrected chi connectivity index (χ4v) is 2.80. The quantitative estimate of drug-likeness (QED) is 0.727. The maximum Gasteiger partial charge on any atom is 0.180 e. The normalized spacial score (nSPS) is 11.1. The number of hydrogen-bond acceptors (Lipinski definition) is 4. The van der Waals surface area contributed by atoms with Gasteiger partial charge in [0.1, 0.15) is 5.65 Å². The summed E-state index contributed by atoms with van der Waals surface area (Å²) in [6.45, 7) is 2.00. The van der Waals surface area contributed by atoms with E-state index in [0.29, 0.717) is 5.13 Å². The second-order valence-corrected chi connectivity index (χ2v) is 5.07. The van der Waals surface area contributed by atoms with E-state index in [-0.39, 0.29) is 0 Å². The van der Waals surface area contributed by atoms with Crippen molar-refractivity contribution in [2.24, 2.45) is 0 Å². The number of hydrogen-bond donors (Lipinski definition) is 2. The molecule has 0 saturated carbocycles. The molecule has 0 radical (unpaired) electrons. The number of anilines is 1. The van der Waals surface area contributed by atoms with Gasteiger partial charge in [0, 0.05) is 29.1 Å². The Morgan fingerprint density at radius 3 is 3.12 bits per heavy atom. The van der Waals surface area contributed by atoms with E-state index in [1.165, 1.54) is 15.8 Å². The lowest BCUT2D eigenvalue weighted by atomic mass is 10.1. The van der Waals surface area contributed by atoms with Crippen LogP contribution in [0.5, 0.6) is 0 Å². The summed E-state index contributed by atoms with van der Waals surface area (Å²) >= 11 is 1.55. The van der Waals surface area contributed by atoms with Crippen LogP contribution in [-0.4, -0.2) is 15.0 Å². The first-order valence-corrected chi connectivity index (χ1v) is 6.18. The molecular weight excluding hydrogens is 232 g/mol. The molecule has 0 aliphatic carbocycles. The molecule has 0 unspecified atom stereocenters. The Balaban J connectivity index is 2.03. The molecule has 5 heteroatoms. The van der Waals surface area contributed by atoms with Crippen LogP contribution in [0.1, 0.15) is 16.1 Å². The molecule has 3 aromatic heterocycles. The van der Waals surface area contributed by atoms with Crippen molar-refractivity contribution in [2.45, 2.75) is 13.3 Å². The maximum atomic E-state index is 5.71. The van der Waals surface area contributed by atoms with Gasteiger partial charge in [0.2, 0.25) is 0 Å². The van der Waals surface area contributed by atoms with Crippen molar-refractivity contribution in [3.63, 3.8) is 0 Å². The van der Waals surface area contributed by atoms with Crippen molar-refractivity contribution in [3.05, 3.63) is 40.7 Å². The average molecular weight is 244 g/mol. The van der Waals surface area contributed by atoms with Gasteiger partial charge in [-0.25, -0.2) is 9.97 Å². The summed E-state index contributed by atoms with van der Waals surface area (Å²) in [5, 5.41) is 1.80. The Morgan fingerprint density at radius 2 is 2.35 bits per heavy atom. The minimum absolute atomic E-state index is 0.635. The molecule has 0 saturated heterocycles. The molecule has 0 bridgehead atoms. The van der Waals surface area contributed by atoms with Gasteiger partial charge in [-0.05, 0) is 24.6 Å². The lowest BCUT2D eigenvalue weighted by Crippen LogP contribution is -1.86. The summed E-state index contributed by atoms with van der Waals surface area (Å²) in [4.78, 5) is 12.9. The third-order valence-corrected chi connectivity index (χ3v) is 3.78. The number of H-pyrrole nitrogens is 1. The van der Waals surface area contributed by atoms with Crippen molar-refractivity contribution in [1.82, 2.24) is 15.0 Å². The van der Waals surface area contributed by atoms with E-state index >= 15 is 0 Å². The smallest absolute Gasteiger partial charge is 0.180 e. The lowest BCUT2D eigenvalue weighted by molar-refractivity contribution is 1.16. The van der Waals surface area contributed by atoms with Crippen molar-refractivity contribution >= 4 is 27.5 Å². The van der Waals surface area contributed by atoms with Crippen LogP contribution in [0, 0.1) is 6.92 Å². The first-order chi connectivity index (χ1) is 8.24. The molecule has 0 aliphatic rings. The van der Waals surface area contributed by atoms with Gasteiger partial charge in [-0.2, -0.15) is 0 Å². The fraction of sp³-hybridized carbons (Fsp3) is 0.167. The summed E-state index contributed by atoms with van der Waals surface area (Å²) in [5.74, 6) is 0. The first kappa shape index (κ1) is 10.3. The van der Waals surface area contributed by atoms with E-state index in [1.807, 2.05) is 19.2 Å². The molecule has 4 nitrogen and oxygen atoms in total. The van der Waals surface area contributed by atoms with Crippen LogP contribution < -0.4 is 5.73 Å². The van der Waals surface area contributed by atoms with Gasteiger partial charge in [-0.1, -0.05) is 0 Å². The summed E-state index contributed by atoms with van der Waals surface area (Å²) in [6.07, 6.45) is 4.65. The van der Waals surface area contributed by atoms with E-state index in [2.05, 4.69) is 21.0 Å². The standard InChI is InChI=1S/C12H12N4S/c1-7-10(17-12(13)16-7)5-8-6-15-11-9(8)3-2-4-14-11/h2-4,6H,5H2,1H3,(H2,13,16)(H,14,15). The molecule has 0 atom stereocenters. The van der Waals surface area contributed by atoms with E-state index in [4.69, 9.17) is 5.73 Å². The number of thiazole rings is 1. The summed E-state index contributed by atoms with van der Waals surface area (Å²) < 4.78 is 0. The molecule has 3 N–H and O–H groups in total. The number of pyridine rings is 1. The molecule has 0 spiro atoms. The monoisotopic (exact) mass is 244 g/mol. The highest BCUT2D eigenvalue weighted by Crippen LogP contribution is 2.25. The number of nitrogens with zero attached hydrogens (tertiary/aromatic N) is 2. The molecule has 0 amide bonds. The molecule has 0 aromatic carbocycles. The number of nitrogen functional groups attached to an aromatic ring is 1. The van der Waals surface area contributed by atoms with Crippen LogP contribution in [-0.2, 0) is 6.42 Å². The third-order valence-electron chi connectivity index (χ3n) is 2.80. The third kappa shape index (κ3) is 1.78. The van der Waals surface area contributed by atoms with Crippen molar-refractivity contribution in [2.75, 3.05) is 5.73 Å². The zero-order valence-electron chi connectivity index (χ0n) is 9.40. The second kappa shape index (κ2) is 3.85. The zero-order valence-corrected chi connectivity index (χ0v) is 10.2. The minimum Gasteiger partial charge on any atom is -0.375 e. The molecule has 17 heavy (non-hydrogen) atoms. The van der Waals surface area contributed by atoms with E-state index in [9.17, 15) is 0 Å².